The van der Waals surface area contributed by atoms with Crippen LogP contribution < -0.4 is 9.47 Å². The Hall–Kier alpha value is -2.00. The van der Waals surface area contributed by atoms with Crippen LogP contribution in [0.3, 0.4) is 0 Å². The van der Waals surface area contributed by atoms with Gasteiger partial charge in [-0.25, -0.2) is 0 Å². The van der Waals surface area contributed by atoms with Gasteiger partial charge < -0.3 is 14.2 Å². The predicted molar refractivity (Wildman–Crippen MR) is 83.8 cm³/mol. The highest BCUT2D eigenvalue weighted by atomic mass is 16.5. The Kier molecular flexibility index (Phi) is 5.23. The molecule has 0 fully saturated rings. The van der Waals surface area contributed by atoms with E-state index in [-0.39, 0.29) is 5.60 Å². The first-order valence-electron chi connectivity index (χ1n) is 7.04. The molecule has 0 aliphatic heterocycles. The summed E-state index contributed by atoms with van der Waals surface area (Å²) < 4.78 is 16.8. The van der Waals surface area contributed by atoms with Crippen LogP contribution in [0.2, 0.25) is 0 Å². The minimum absolute atomic E-state index is 0.289. The van der Waals surface area contributed by atoms with E-state index < -0.39 is 0 Å². The van der Waals surface area contributed by atoms with E-state index in [9.17, 15) is 0 Å². The second-order valence-electron chi connectivity index (χ2n) is 5.50. The average molecular weight is 286 g/mol. The van der Waals surface area contributed by atoms with E-state index in [0.29, 0.717) is 13.2 Å². The van der Waals surface area contributed by atoms with E-state index in [1.165, 1.54) is 0 Å². The number of hydrogen-bond acceptors (Lipinski definition) is 3. The highest BCUT2D eigenvalue weighted by molar-refractivity contribution is 5.31. The summed E-state index contributed by atoms with van der Waals surface area (Å²) in [7, 11) is 1.68. The quantitative estimate of drug-likeness (QED) is 0.768. The third-order valence-corrected chi connectivity index (χ3v) is 3.21. The largest absolute Gasteiger partial charge is 0.491 e. The molecule has 0 aromatic heterocycles. The van der Waals surface area contributed by atoms with Crippen molar-refractivity contribution in [3.63, 3.8) is 0 Å². The first-order valence-corrected chi connectivity index (χ1v) is 7.04. The molecule has 112 valence electrons. The molecule has 2 rings (SSSR count). The van der Waals surface area contributed by atoms with Crippen molar-refractivity contribution in [3.05, 3.63) is 60.2 Å². The SMILES string of the molecule is COC(C)(C)COc1ccc(OCc2ccccc2)cc1. The molecule has 0 N–H and O–H groups in total. The molecular weight excluding hydrogens is 264 g/mol. The van der Waals surface area contributed by atoms with E-state index in [1.54, 1.807) is 7.11 Å². The van der Waals surface area contributed by atoms with Crippen molar-refractivity contribution >= 4 is 0 Å². The van der Waals surface area contributed by atoms with Gasteiger partial charge in [-0.1, -0.05) is 30.3 Å². The van der Waals surface area contributed by atoms with Crippen molar-refractivity contribution in [3.8, 4) is 11.5 Å². The van der Waals surface area contributed by atoms with Gasteiger partial charge in [0.15, 0.2) is 0 Å². The molecule has 0 aliphatic rings. The molecule has 0 unspecified atom stereocenters. The molecule has 21 heavy (non-hydrogen) atoms. The first-order chi connectivity index (χ1) is 10.1. The Morgan fingerprint density at radius 1 is 0.810 bits per heavy atom. The van der Waals surface area contributed by atoms with Crippen LogP contribution in [-0.4, -0.2) is 19.3 Å². The maximum atomic E-state index is 5.73. The molecule has 0 saturated carbocycles. The normalized spacial score (nSPS) is 11.2. The van der Waals surface area contributed by atoms with Gasteiger partial charge in [-0.05, 0) is 43.7 Å². The number of benzene rings is 2. The second kappa shape index (κ2) is 7.14. The van der Waals surface area contributed by atoms with Gasteiger partial charge in [0.2, 0.25) is 0 Å². The number of ether oxygens (including phenoxy) is 3. The van der Waals surface area contributed by atoms with Gasteiger partial charge in [-0.3, -0.25) is 0 Å². The van der Waals surface area contributed by atoms with Gasteiger partial charge in [-0.15, -0.1) is 0 Å². The molecule has 2 aromatic rings. The van der Waals surface area contributed by atoms with E-state index in [1.807, 2.05) is 68.4 Å². The smallest absolute Gasteiger partial charge is 0.120 e. The summed E-state index contributed by atoms with van der Waals surface area (Å²) in [6, 6.07) is 17.8. The molecule has 2 aromatic carbocycles. The van der Waals surface area contributed by atoms with Crippen LogP contribution in [0.1, 0.15) is 19.4 Å². The van der Waals surface area contributed by atoms with Gasteiger partial charge in [0.1, 0.15) is 24.7 Å². The molecule has 0 aliphatic carbocycles. The topological polar surface area (TPSA) is 27.7 Å². The summed E-state index contributed by atoms with van der Waals surface area (Å²) >= 11 is 0. The van der Waals surface area contributed by atoms with Gasteiger partial charge >= 0.3 is 0 Å². The Balaban J connectivity index is 1.84. The standard InChI is InChI=1S/C18H22O3/c1-18(2,19-3)14-21-17-11-9-16(10-12-17)20-13-15-7-5-4-6-8-15/h4-12H,13-14H2,1-3H3. The van der Waals surface area contributed by atoms with E-state index in [2.05, 4.69) is 0 Å². The second-order valence-corrected chi connectivity index (χ2v) is 5.50. The molecule has 3 nitrogen and oxygen atoms in total. The highest BCUT2D eigenvalue weighted by Gasteiger charge is 2.17. The molecule has 0 spiro atoms. The van der Waals surface area contributed by atoms with Crippen LogP contribution in [0, 0.1) is 0 Å². The third-order valence-electron chi connectivity index (χ3n) is 3.21. The maximum Gasteiger partial charge on any atom is 0.120 e. The fourth-order valence-corrected chi connectivity index (χ4v) is 1.69. The Morgan fingerprint density at radius 3 is 1.95 bits per heavy atom. The first kappa shape index (κ1) is 15.4. The summed E-state index contributed by atoms with van der Waals surface area (Å²) in [6.45, 7) is 5.06. The predicted octanol–water partition coefficient (Wildman–Crippen LogP) is 4.07. The lowest BCUT2D eigenvalue weighted by Crippen LogP contribution is -2.30. The van der Waals surface area contributed by atoms with Crippen molar-refractivity contribution in [1.29, 1.82) is 0 Å². The third kappa shape index (κ3) is 5.12. The van der Waals surface area contributed by atoms with Gasteiger partial charge in [-0.2, -0.15) is 0 Å². The molecular formula is C18H22O3. The minimum Gasteiger partial charge on any atom is -0.491 e. The molecule has 0 bridgehead atoms. The molecule has 0 atom stereocenters. The zero-order chi connectivity index (χ0) is 15.1. The summed E-state index contributed by atoms with van der Waals surface area (Å²) in [5, 5.41) is 0. The van der Waals surface area contributed by atoms with E-state index in [0.717, 1.165) is 17.1 Å². The van der Waals surface area contributed by atoms with Crippen LogP contribution in [0.25, 0.3) is 0 Å². The number of methoxy groups -OCH3 is 1. The monoisotopic (exact) mass is 286 g/mol. The van der Waals surface area contributed by atoms with Crippen molar-refractivity contribution in [2.24, 2.45) is 0 Å². The lowest BCUT2D eigenvalue weighted by Gasteiger charge is -2.22. The van der Waals surface area contributed by atoms with Crippen LogP contribution >= 0.6 is 0 Å². The average Bonchev–Trinajstić information content (AvgIpc) is 2.53. The molecule has 0 amide bonds. The Morgan fingerprint density at radius 2 is 1.38 bits per heavy atom. The van der Waals surface area contributed by atoms with Gasteiger partial charge in [0, 0.05) is 7.11 Å². The van der Waals surface area contributed by atoms with E-state index >= 15 is 0 Å². The highest BCUT2D eigenvalue weighted by Crippen LogP contribution is 2.20. The van der Waals surface area contributed by atoms with Crippen LogP contribution in [0.4, 0.5) is 0 Å². The summed E-state index contributed by atoms with van der Waals surface area (Å²) in [5.74, 6) is 1.64. The van der Waals surface area contributed by atoms with Crippen LogP contribution in [-0.2, 0) is 11.3 Å². The summed E-state index contributed by atoms with van der Waals surface area (Å²) in [6.07, 6.45) is 0. The van der Waals surface area contributed by atoms with Gasteiger partial charge in [0.05, 0.1) is 5.60 Å². The molecule has 0 radical (unpaired) electrons. The zero-order valence-corrected chi connectivity index (χ0v) is 12.8. The fourth-order valence-electron chi connectivity index (χ4n) is 1.69. The van der Waals surface area contributed by atoms with Crippen molar-refractivity contribution in [2.45, 2.75) is 26.1 Å². The number of hydrogen-bond donors (Lipinski definition) is 0. The Labute approximate surface area is 126 Å². The molecule has 0 saturated heterocycles. The van der Waals surface area contributed by atoms with Crippen LogP contribution in [0.15, 0.2) is 54.6 Å². The van der Waals surface area contributed by atoms with E-state index in [4.69, 9.17) is 14.2 Å². The Bertz CT molecular complexity index is 532. The van der Waals surface area contributed by atoms with Gasteiger partial charge in [0.25, 0.3) is 0 Å². The maximum absolute atomic E-state index is 5.73. The zero-order valence-electron chi connectivity index (χ0n) is 12.8. The molecule has 0 heterocycles. The summed E-state index contributed by atoms with van der Waals surface area (Å²) in [5.41, 5.74) is 0.863. The fraction of sp³-hybridized carbons (Fsp3) is 0.333. The lowest BCUT2D eigenvalue weighted by molar-refractivity contribution is -0.0146. The van der Waals surface area contributed by atoms with Crippen molar-refractivity contribution < 1.29 is 14.2 Å². The molecule has 3 heteroatoms. The minimum atomic E-state index is -0.289. The summed E-state index contributed by atoms with van der Waals surface area (Å²) in [4.78, 5) is 0. The van der Waals surface area contributed by atoms with Crippen LogP contribution in [0.5, 0.6) is 11.5 Å². The lowest BCUT2D eigenvalue weighted by atomic mass is 10.1. The van der Waals surface area contributed by atoms with Crippen molar-refractivity contribution in [1.82, 2.24) is 0 Å². The number of rotatable bonds is 7. The van der Waals surface area contributed by atoms with Crippen molar-refractivity contribution in [2.75, 3.05) is 13.7 Å².